The Morgan fingerprint density at radius 1 is 1.20 bits per heavy atom. The molecule has 0 unspecified atom stereocenters. The van der Waals surface area contributed by atoms with E-state index < -0.39 is 0 Å². The van der Waals surface area contributed by atoms with Crippen molar-refractivity contribution in [2.75, 3.05) is 14.2 Å². The molecule has 1 aromatic heterocycles. The number of allylic oxidation sites excluding steroid dienone is 2. The number of hydrogen-bond acceptors (Lipinski definition) is 4. The van der Waals surface area contributed by atoms with E-state index in [0.717, 1.165) is 10.9 Å². The third-order valence-electron chi connectivity index (χ3n) is 3.09. The first-order chi connectivity index (χ1) is 9.56. The minimum Gasteiger partial charge on any atom is -0.496 e. The molecule has 20 heavy (non-hydrogen) atoms. The Balaban J connectivity index is 2.78. The highest BCUT2D eigenvalue weighted by atomic mass is 16.5. The summed E-state index contributed by atoms with van der Waals surface area (Å²) >= 11 is 0. The van der Waals surface area contributed by atoms with Gasteiger partial charge in [0.1, 0.15) is 17.1 Å². The molecule has 2 rings (SSSR count). The van der Waals surface area contributed by atoms with E-state index in [-0.39, 0.29) is 5.63 Å². The SMILES string of the molecule is COc1cc(OC)c2ccc(=O)oc2c1CC=C(C)C. The third-order valence-corrected chi connectivity index (χ3v) is 3.09. The Kier molecular flexibility index (Phi) is 4.13. The summed E-state index contributed by atoms with van der Waals surface area (Å²) < 4.78 is 16.1. The number of hydrogen-bond donors (Lipinski definition) is 0. The van der Waals surface area contributed by atoms with E-state index in [2.05, 4.69) is 6.08 Å². The van der Waals surface area contributed by atoms with Gasteiger partial charge in [0.2, 0.25) is 0 Å². The van der Waals surface area contributed by atoms with Crippen LogP contribution in [0.25, 0.3) is 11.0 Å². The summed E-state index contributed by atoms with van der Waals surface area (Å²) in [4.78, 5) is 11.5. The lowest BCUT2D eigenvalue weighted by Crippen LogP contribution is -2.01. The van der Waals surface area contributed by atoms with Gasteiger partial charge in [-0.25, -0.2) is 4.79 Å². The molecule has 0 saturated carbocycles. The van der Waals surface area contributed by atoms with E-state index in [1.54, 1.807) is 20.3 Å². The van der Waals surface area contributed by atoms with Crippen molar-refractivity contribution >= 4 is 11.0 Å². The molecule has 0 fully saturated rings. The lowest BCUT2D eigenvalue weighted by molar-refractivity contribution is 0.393. The Morgan fingerprint density at radius 3 is 2.50 bits per heavy atom. The third kappa shape index (κ3) is 2.69. The second kappa shape index (κ2) is 5.82. The summed E-state index contributed by atoms with van der Waals surface area (Å²) in [5.41, 5.74) is 2.17. The molecule has 0 radical (unpaired) electrons. The van der Waals surface area contributed by atoms with E-state index in [1.165, 1.54) is 11.6 Å². The van der Waals surface area contributed by atoms with Crippen molar-refractivity contribution < 1.29 is 13.9 Å². The van der Waals surface area contributed by atoms with Gasteiger partial charge in [-0.3, -0.25) is 0 Å². The van der Waals surface area contributed by atoms with Crippen LogP contribution in [0.1, 0.15) is 19.4 Å². The maximum atomic E-state index is 11.5. The van der Waals surface area contributed by atoms with Crippen LogP contribution in [0, 0.1) is 0 Å². The van der Waals surface area contributed by atoms with E-state index >= 15 is 0 Å². The number of rotatable bonds is 4. The first-order valence-electron chi connectivity index (χ1n) is 6.38. The van der Waals surface area contributed by atoms with Crippen molar-refractivity contribution in [3.8, 4) is 11.5 Å². The maximum Gasteiger partial charge on any atom is 0.336 e. The van der Waals surface area contributed by atoms with E-state index in [0.29, 0.717) is 23.5 Å². The van der Waals surface area contributed by atoms with Crippen molar-refractivity contribution in [2.45, 2.75) is 20.3 Å². The van der Waals surface area contributed by atoms with Gasteiger partial charge in [0.25, 0.3) is 0 Å². The van der Waals surface area contributed by atoms with E-state index in [1.807, 2.05) is 19.9 Å². The number of fused-ring (bicyclic) bond motifs is 1. The maximum absolute atomic E-state index is 11.5. The predicted octanol–water partition coefficient (Wildman–Crippen LogP) is 3.32. The fourth-order valence-electron chi connectivity index (χ4n) is 2.08. The van der Waals surface area contributed by atoms with Gasteiger partial charge in [-0.2, -0.15) is 0 Å². The van der Waals surface area contributed by atoms with Crippen LogP contribution in [0.4, 0.5) is 0 Å². The summed E-state index contributed by atoms with van der Waals surface area (Å²) in [5, 5.41) is 0.769. The number of methoxy groups -OCH3 is 2. The Morgan fingerprint density at radius 2 is 1.90 bits per heavy atom. The molecule has 0 amide bonds. The van der Waals surface area contributed by atoms with Crippen LogP contribution < -0.4 is 15.1 Å². The zero-order valence-corrected chi connectivity index (χ0v) is 12.1. The Labute approximate surface area is 117 Å². The fourth-order valence-corrected chi connectivity index (χ4v) is 2.08. The summed E-state index contributed by atoms with van der Waals surface area (Å²) in [6.07, 6.45) is 2.70. The second-order valence-electron chi connectivity index (χ2n) is 4.74. The minimum atomic E-state index is -0.383. The first kappa shape index (κ1) is 14.2. The van der Waals surface area contributed by atoms with E-state index in [9.17, 15) is 4.79 Å². The highest BCUT2D eigenvalue weighted by Crippen LogP contribution is 2.35. The second-order valence-corrected chi connectivity index (χ2v) is 4.74. The first-order valence-corrected chi connectivity index (χ1v) is 6.38. The molecule has 0 aliphatic carbocycles. The summed E-state index contributed by atoms with van der Waals surface area (Å²) in [6, 6.07) is 4.92. The lowest BCUT2D eigenvalue weighted by atomic mass is 10.0. The minimum absolute atomic E-state index is 0.383. The Hall–Kier alpha value is -2.23. The zero-order chi connectivity index (χ0) is 14.7. The quantitative estimate of drug-likeness (QED) is 0.634. The number of benzene rings is 1. The van der Waals surface area contributed by atoms with Crippen LogP contribution >= 0.6 is 0 Å². The largest absolute Gasteiger partial charge is 0.496 e. The molecule has 1 aromatic carbocycles. The molecule has 4 nitrogen and oxygen atoms in total. The van der Waals surface area contributed by atoms with Crippen molar-refractivity contribution in [3.63, 3.8) is 0 Å². The summed E-state index contributed by atoms with van der Waals surface area (Å²) in [5.74, 6) is 1.28. The molecular formula is C16H18O4. The van der Waals surface area contributed by atoms with Gasteiger partial charge in [0.05, 0.1) is 19.6 Å². The normalized spacial score (nSPS) is 10.4. The van der Waals surface area contributed by atoms with Gasteiger partial charge in [-0.15, -0.1) is 0 Å². The standard InChI is InChI=1S/C16H18O4/c1-10(2)5-6-11-13(18-3)9-14(19-4)12-7-8-15(17)20-16(11)12/h5,7-9H,6H2,1-4H3. The molecule has 0 aliphatic heterocycles. The fraction of sp³-hybridized carbons (Fsp3) is 0.312. The topological polar surface area (TPSA) is 48.7 Å². The van der Waals surface area contributed by atoms with Crippen LogP contribution in [0.15, 0.2) is 39.1 Å². The van der Waals surface area contributed by atoms with Gasteiger partial charge in [-0.1, -0.05) is 11.6 Å². The van der Waals surface area contributed by atoms with Crippen molar-refractivity contribution in [2.24, 2.45) is 0 Å². The monoisotopic (exact) mass is 274 g/mol. The summed E-state index contributed by atoms with van der Waals surface area (Å²) in [6.45, 7) is 4.04. The predicted molar refractivity (Wildman–Crippen MR) is 78.7 cm³/mol. The molecule has 1 heterocycles. The average molecular weight is 274 g/mol. The smallest absolute Gasteiger partial charge is 0.336 e. The van der Waals surface area contributed by atoms with Gasteiger partial charge < -0.3 is 13.9 Å². The molecule has 0 N–H and O–H groups in total. The highest BCUT2D eigenvalue weighted by molar-refractivity contribution is 5.88. The van der Waals surface area contributed by atoms with E-state index in [4.69, 9.17) is 13.9 Å². The molecule has 4 heteroatoms. The van der Waals surface area contributed by atoms with Crippen LogP contribution in [0.2, 0.25) is 0 Å². The van der Waals surface area contributed by atoms with Crippen molar-refractivity contribution in [1.29, 1.82) is 0 Å². The molecular weight excluding hydrogens is 256 g/mol. The zero-order valence-electron chi connectivity index (χ0n) is 12.1. The van der Waals surface area contributed by atoms with Gasteiger partial charge in [0, 0.05) is 17.7 Å². The van der Waals surface area contributed by atoms with Crippen molar-refractivity contribution in [1.82, 2.24) is 0 Å². The van der Waals surface area contributed by atoms with Gasteiger partial charge in [0.15, 0.2) is 0 Å². The molecule has 0 spiro atoms. The molecule has 106 valence electrons. The molecule has 0 aliphatic rings. The number of ether oxygens (including phenoxy) is 2. The van der Waals surface area contributed by atoms with Crippen LogP contribution in [0.5, 0.6) is 11.5 Å². The molecule has 0 bridgehead atoms. The lowest BCUT2D eigenvalue weighted by Gasteiger charge is -2.12. The van der Waals surface area contributed by atoms with Crippen LogP contribution in [-0.4, -0.2) is 14.2 Å². The van der Waals surface area contributed by atoms with Crippen LogP contribution in [-0.2, 0) is 6.42 Å². The van der Waals surface area contributed by atoms with Crippen molar-refractivity contribution in [3.05, 3.63) is 45.8 Å². The molecule has 0 saturated heterocycles. The molecule has 0 atom stereocenters. The summed E-state index contributed by atoms with van der Waals surface area (Å²) in [7, 11) is 3.17. The van der Waals surface area contributed by atoms with Crippen LogP contribution in [0.3, 0.4) is 0 Å². The van der Waals surface area contributed by atoms with Gasteiger partial charge >= 0.3 is 5.63 Å². The highest BCUT2D eigenvalue weighted by Gasteiger charge is 2.15. The molecule has 2 aromatic rings. The Bertz CT molecular complexity index is 706. The van der Waals surface area contributed by atoms with Gasteiger partial charge in [-0.05, 0) is 26.3 Å². The average Bonchev–Trinajstić information content (AvgIpc) is 2.43.